The summed E-state index contributed by atoms with van der Waals surface area (Å²) in [5.74, 6) is 0.254. The van der Waals surface area contributed by atoms with E-state index in [0.29, 0.717) is 28.9 Å². The van der Waals surface area contributed by atoms with Gasteiger partial charge in [-0.05, 0) is 64.0 Å². The second kappa shape index (κ2) is 7.39. The van der Waals surface area contributed by atoms with Crippen LogP contribution < -0.4 is 18.5 Å². The molecule has 9 heteroatoms. The van der Waals surface area contributed by atoms with Gasteiger partial charge >= 0.3 is 10.4 Å². The first kappa shape index (κ1) is 22.1. The number of hydrogen-bond donors (Lipinski definition) is 1. The lowest BCUT2D eigenvalue weighted by Crippen LogP contribution is -2.28. The number of phenolic OH excluding ortho intramolecular Hbond substituents is 1. The summed E-state index contributed by atoms with van der Waals surface area (Å²) in [5, 5.41) is 11.3. The maximum atomic E-state index is 13.6. The molecule has 1 aromatic heterocycles. The molecule has 5 rings (SSSR count). The molecule has 0 atom stereocenters. The quantitative estimate of drug-likeness (QED) is 0.526. The van der Waals surface area contributed by atoms with Gasteiger partial charge in [0.1, 0.15) is 28.7 Å². The van der Waals surface area contributed by atoms with E-state index < -0.39 is 21.4 Å². The van der Waals surface area contributed by atoms with Crippen LogP contribution in [0.2, 0.25) is 0 Å². The zero-order valence-corrected chi connectivity index (χ0v) is 19.8. The molecule has 34 heavy (non-hydrogen) atoms. The van der Waals surface area contributed by atoms with Gasteiger partial charge < -0.3 is 22.6 Å². The van der Waals surface area contributed by atoms with Gasteiger partial charge in [0.05, 0.1) is 11.1 Å². The number of hydrogen-bond acceptors (Lipinski definition) is 8. The molecular formula is C25H22O8S. The highest BCUT2D eigenvalue weighted by Crippen LogP contribution is 2.45. The molecule has 0 saturated heterocycles. The molecule has 0 spiro atoms. The fraction of sp³-hybridized carbons (Fsp3) is 0.240. The lowest BCUT2D eigenvalue weighted by atomic mass is 9.93. The highest BCUT2D eigenvalue weighted by Gasteiger charge is 2.32. The number of rotatable bonds is 3. The highest BCUT2D eigenvalue weighted by molar-refractivity contribution is 7.82. The molecule has 0 fully saturated rings. The predicted octanol–water partition coefficient (Wildman–Crippen LogP) is 4.87. The van der Waals surface area contributed by atoms with Crippen LogP contribution in [0.15, 0.2) is 51.4 Å². The zero-order chi connectivity index (χ0) is 24.4. The van der Waals surface area contributed by atoms with E-state index in [1.165, 1.54) is 24.5 Å². The van der Waals surface area contributed by atoms with Crippen molar-refractivity contribution in [2.24, 2.45) is 0 Å². The summed E-state index contributed by atoms with van der Waals surface area (Å²) >= 11 is 0. The van der Waals surface area contributed by atoms with E-state index in [4.69, 9.17) is 17.5 Å². The van der Waals surface area contributed by atoms with Crippen molar-refractivity contribution in [1.29, 1.82) is 0 Å². The van der Waals surface area contributed by atoms with Gasteiger partial charge in [-0.1, -0.05) is 17.7 Å². The van der Waals surface area contributed by atoms with Gasteiger partial charge in [0.25, 0.3) is 0 Å². The van der Waals surface area contributed by atoms with Gasteiger partial charge in [0, 0.05) is 5.56 Å². The van der Waals surface area contributed by atoms with Crippen molar-refractivity contribution in [1.82, 2.24) is 0 Å². The van der Waals surface area contributed by atoms with Crippen LogP contribution in [-0.4, -0.2) is 19.1 Å². The van der Waals surface area contributed by atoms with E-state index in [0.717, 1.165) is 5.57 Å². The summed E-state index contributed by atoms with van der Waals surface area (Å²) in [4.78, 5) is 13.6. The van der Waals surface area contributed by atoms with E-state index in [1.807, 2.05) is 45.9 Å². The maximum absolute atomic E-state index is 13.6. The first-order valence-electron chi connectivity index (χ1n) is 10.6. The Labute approximate surface area is 196 Å². The molecule has 0 unspecified atom stereocenters. The lowest BCUT2D eigenvalue weighted by molar-refractivity contribution is 0.157. The van der Waals surface area contributed by atoms with Gasteiger partial charge in [0.2, 0.25) is 5.43 Å². The fourth-order valence-electron chi connectivity index (χ4n) is 4.00. The van der Waals surface area contributed by atoms with Gasteiger partial charge in [-0.2, -0.15) is 0 Å². The van der Waals surface area contributed by atoms with Crippen LogP contribution in [0.5, 0.6) is 23.0 Å². The van der Waals surface area contributed by atoms with Crippen molar-refractivity contribution in [3.05, 3.63) is 63.5 Å². The number of fused-ring (bicyclic) bond motifs is 4. The smallest absolute Gasteiger partial charge is 0.501 e. The van der Waals surface area contributed by atoms with E-state index in [1.54, 1.807) is 0 Å². The molecule has 0 radical (unpaired) electrons. The molecule has 1 N–H and O–H groups in total. The number of ether oxygens (including phenoxy) is 1. The molecular weight excluding hydrogens is 460 g/mol. The molecule has 176 valence electrons. The number of aromatic hydroxyl groups is 1. The Morgan fingerprint density at radius 3 is 2.62 bits per heavy atom. The van der Waals surface area contributed by atoms with Crippen molar-refractivity contribution in [3.63, 3.8) is 0 Å². The summed E-state index contributed by atoms with van der Waals surface area (Å²) in [6, 6.07) is 4.29. The summed E-state index contributed by atoms with van der Waals surface area (Å²) < 4.78 is 44.7. The Hall–Kier alpha value is -3.72. The predicted molar refractivity (Wildman–Crippen MR) is 127 cm³/mol. The molecule has 0 bridgehead atoms. The van der Waals surface area contributed by atoms with E-state index in [2.05, 4.69) is 0 Å². The van der Waals surface area contributed by atoms with Crippen LogP contribution in [0.3, 0.4) is 0 Å². The van der Waals surface area contributed by atoms with Crippen LogP contribution >= 0.6 is 0 Å². The second-order valence-corrected chi connectivity index (χ2v) is 10.2. The van der Waals surface area contributed by atoms with E-state index >= 15 is 0 Å². The molecule has 8 nitrogen and oxygen atoms in total. The molecule has 0 amide bonds. The number of benzene rings is 2. The van der Waals surface area contributed by atoms with Crippen LogP contribution in [0, 0.1) is 0 Å². The standard InChI is InChI=1S/C25H22O8S/c1-13(2)5-7-15-21(26)20-22(27)17(14-6-8-18-19(11-14)33-34(28,29)32-18)12-30-24(20)16-9-10-25(3,4)31-23(15)16/h5-6,8-12,26H,7H2,1-4H3. The van der Waals surface area contributed by atoms with Crippen LogP contribution in [0.4, 0.5) is 0 Å². The number of phenols is 1. The van der Waals surface area contributed by atoms with E-state index in [-0.39, 0.29) is 33.8 Å². The summed E-state index contributed by atoms with van der Waals surface area (Å²) in [6.45, 7) is 7.69. The molecule has 3 heterocycles. The Balaban J connectivity index is 1.75. The van der Waals surface area contributed by atoms with E-state index in [9.17, 15) is 18.3 Å². The van der Waals surface area contributed by atoms with Crippen molar-refractivity contribution < 1.29 is 31.0 Å². The first-order valence-corrected chi connectivity index (χ1v) is 11.9. The lowest BCUT2D eigenvalue weighted by Gasteiger charge is -2.30. The number of allylic oxidation sites excluding steroid dienone is 2. The zero-order valence-electron chi connectivity index (χ0n) is 19.0. The minimum atomic E-state index is -4.16. The third-order valence-corrected chi connectivity index (χ3v) is 6.42. The maximum Gasteiger partial charge on any atom is 0.501 e. The molecule has 3 aromatic rings. The Morgan fingerprint density at radius 1 is 1.15 bits per heavy atom. The van der Waals surface area contributed by atoms with Crippen molar-refractivity contribution in [2.75, 3.05) is 0 Å². The van der Waals surface area contributed by atoms with Crippen molar-refractivity contribution >= 4 is 27.4 Å². The van der Waals surface area contributed by atoms with Gasteiger partial charge in [-0.25, -0.2) is 0 Å². The third kappa shape index (κ3) is 3.62. The summed E-state index contributed by atoms with van der Waals surface area (Å²) in [5.41, 5.74) is 1.73. The normalized spacial score (nSPS) is 16.7. The van der Waals surface area contributed by atoms with Gasteiger partial charge in [0.15, 0.2) is 17.1 Å². The SMILES string of the molecule is CC(C)=CCc1c2c(c3occ(-c4ccc5c(c4)OS(=O)(=O)O5)c(=O)c3c1O)C=CC(C)(C)O2. The van der Waals surface area contributed by atoms with Gasteiger partial charge in [-0.3, -0.25) is 4.79 Å². The van der Waals surface area contributed by atoms with Crippen molar-refractivity contribution in [2.45, 2.75) is 39.7 Å². The minimum Gasteiger partial charge on any atom is -0.507 e. The van der Waals surface area contributed by atoms with Crippen LogP contribution in [-0.2, 0) is 16.8 Å². The highest BCUT2D eigenvalue weighted by atomic mass is 32.3. The summed E-state index contributed by atoms with van der Waals surface area (Å²) in [6.07, 6.45) is 7.28. The molecule has 2 aliphatic heterocycles. The Bertz CT molecular complexity index is 1590. The summed E-state index contributed by atoms with van der Waals surface area (Å²) in [7, 11) is -4.16. The Morgan fingerprint density at radius 2 is 1.88 bits per heavy atom. The average molecular weight is 483 g/mol. The third-order valence-electron chi connectivity index (χ3n) is 5.65. The second-order valence-electron chi connectivity index (χ2n) is 9.01. The van der Waals surface area contributed by atoms with Gasteiger partial charge in [-0.15, -0.1) is 8.42 Å². The molecule has 2 aromatic carbocycles. The van der Waals surface area contributed by atoms with Crippen LogP contribution in [0.25, 0.3) is 28.2 Å². The topological polar surface area (TPSA) is 112 Å². The first-order chi connectivity index (χ1) is 16.0. The van der Waals surface area contributed by atoms with Crippen LogP contribution in [0.1, 0.15) is 38.8 Å². The fourth-order valence-corrected chi connectivity index (χ4v) is 4.74. The minimum absolute atomic E-state index is 0.0200. The molecule has 0 saturated carbocycles. The average Bonchev–Trinajstić information content (AvgIpc) is 3.05. The Kier molecular flexibility index (Phi) is 4.80. The molecule has 2 aliphatic rings. The monoisotopic (exact) mass is 482 g/mol. The van der Waals surface area contributed by atoms with Crippen molar-refractivity contribution in [3.8, 4) is 34.1 Å². The molecule has 0 aliphatic carbocycles. The largest absolute Gasteiger partial charge is 0.507 e.